The molecule has 0 saturated carbocycles. The molecule has 1 N–H and O–H groups in total. The van der Waals surface area contributed by atoms with E-state index in [0.29, 0.717) is 6.54 Å². The van der Waals surface area contributed by atoms with Crippen LogP contribution in [0.4, 0.5) is 0 Å². The van der Waals surface area contributed by atoms with Crippen LogP contribution in [0.15, 0.2) is 12.1 Å². The van der Waals surface area contributed by atoms with Gasteiger partial charge in [0, 0.05) is 25.1 Å². The highest BCUT2D eigenvalue weighted by Gasteiger charge is 2.09. The molecule has 0 spiro atoms. The van der Waals surface area contributed by atoms with E-state index in [2.05, 4.69) is 5.32 Å². The molecule has 0 radical (unpaired) electrons. The average Bonchev–Trinajstić information content (AvgIpc) is 2.26. The van der Waals surface area contributed by atoms with Crippen LogP contribution in [0.2, 0.25) is 0 Å². The van der Waals surface area contributed by atoms with Crippen molar-refractivity contribution in [3.8, 4) is 11.5 Å². The number of carbonyl (C=O) groups is 1. The van der Waals surface area contributed by atoms with Gasteiger partial charge in [-0.2, -0.15) is 0 Å². The summed E-state index contributed by atoms with van der Waals surface area (Å²) in [6.45, 7) is 3.92. The largest absolute Gasteiger partial charge is 0.497 e. The Morgan fingerprint density at radius 2 is 2.00 bits per heavy atom. The van der Waals surface area contributed by atoms with Gasteiger partial charge in [0.1, 0.15) is 11.5 Å². The van der Waals surface area contributed by atoms with Gasteiger partial charge in [-0.25, -0.2) is 0 Å². The minimum absolute atomic E-state index is 0.0581. The number of nitrogens with one attached hydrogen (secondary N) is 1. The van der Waals surface area contributed by atoms with Crippen LogP contribution in [0.3, 0.4) is 0 Å². The van der Waals surface area contributed by atoms with E-state index in [1.165, 1.54) is 6.92 Å². The number of hydrogen-bond donors (Lipinski definition) is 1. The van der Waals surface area contributed by atoms with Crippen LogP contribution >= 0.6 is 0 Å². The summed E-state index contributed by atoms with van der Waals surface area (Å²) in [6, 6.07) is 3.73. The standard InChI is InChI=1S/C12H17NO3/c1-8-5-10(15-3)6-12(16-4)11(8)7-13-9(2)14/h5-6H,7H2,1-4H3,(H,13,14). The Labute approximate surface area is 95.6 Å². The molecule has 0 heterocycles. The molecular formula is C12H17NO3. The predicted molar refractivity (Wildman–Crippen MR) is 61.8 cm³/mol. The zero-order valence-electron chi connectivity index (χ0n) is 10.1. The average molecular weight is 223 g/mol. The van der Waals surface area contributed by atoms with E-state index in [4.69, 9.17) is 9.47 Å². The number of benzene rings is 1. The Morgan fingerprint density at radius 3 is 2.50 bits per heavy atom. The summed E-state index contributed by atoms with van der Waals surface area (Å²) in [6.07, 6.45) is 0. The van der Waals surface area contributed by atoms with Crippen molar-refractivity contribution in [3.05, 3.63) is 23.3 Å². The third kappa shape index (κ3) is 2.89. The lowest BCUT2D eigenvalue weighted by Crippen LogP contribution is -2.20. The van der Waals surface area contributed by atoms with Crippen molar-refractivity contribution >= 4 is 5.91 Å². The maximum atomic E-state index is 10.9. The first-order chi connectivity index (χ1) is 7.58. The van der Waals surface area contributed by atoms with E-state index in [0.717, 1.165) is 22.6 Å². The van der Waals surface area contributed by atoms with Crippen molar-refractivity contribution in [1.29, 1.82) is 0 Å². The highest BCUT2D eigenvalue weighted by Crippen LogP contribution is 2.28. The van der Waals surface area contributed by atoms with E-state index < -0.39 is 0 Å². The molecule has 16 heavy (non-hydrogen) atoms. The first kappa shape index (κ1) is 12.4. The van der Waals surface area contributed by atoms with Gasteiger partial charge in [-0.3, -0.25) is 4.79 Å². The van der Waals surface area contributed by atoms with Crippen LogP contribution in [0.1, 0.15) is 18.1 Å². The number of ether oxygens (including phenoxy) is 2. The number of carbonyl (C=O) groups excluding carboxylic acids is 1. The zero-order chi connectivity index (χ0) is 12.1. The smallest absolute Gasteiger partial charge is 0.217 e. The second kappa shape index (κ2) is 5.39. The number of aryl methyl sites for hydroxylation is 1. The van der Waals surface area contributed by atoms with Crippen LogP contribution in [0.25, 0.3) is 0 Å². The maximum absolute atomic E-state index is 10.9. The molecule has 1 aromatic carbocycles. The van der Waals surface area contributed by atoms with Crippen molar-refractivity contribution in [2.24, 2.45) is 0 Å². The molecule has 0 bridgehead atoms. The first-order valence-electron chi connectivity index (χ1n) is 5.04. The SMILES string of the molecule is COc1cc(C)c(CNC(C)=O)c(OC)c1. The molecule has 0 atom stereocenters. The summed E-state index contributed by atoms with van der Waals surface area (Å²) >= 11 is 0. The molecule has 1 rings (SSSR count). The van der Waals surface area contributed by atoms with Gasteiger partial charge in [-0.1, -0.05) is 0 Å². The third-order valence-corrected chi connectivity index (χ3v) is 2.38. The molecule has 0 unspecified atom stereocenters. The van der Waals surface area contributed by atoms with E-state index in [9.17, 15) is 4.79 Å². The molecule has 0 aliphatic rings. The zero-order valence-corrected chi connectivity index (χ0v) is 10.1. The second-order valence-corrected chi connectivity index (χ2v) is 3.53. The van der Waals surface area contributed by atoms with E-state index in [1.807, 2.05) is 19.1 Å². The summed E-state index contributed by atoms with van der Waals surface area (Å²) in [5, 5.41) is 2.76. The molecule has 0 fully saturated rings. The monoisotopic (exact) mass is 223 g/mol. The van der Waals surface area contributed by atoms with E-state index in [-0.39, 0.29) is 5.91 Å². The van der Waals surface area contributed by atoms with Crippen molar-refractivity contribution in [2.75, 3.05) is 14.2 Å². The Bertz CT molecular complexity index is 388. The van der Waals surface area contributed by atoms with Crippen molar-refractivity contribution in [3.63, 3.8) is 0 Å². The van der Waals surface area contributed by atoms with Gasteiger partial charge < -0.3 is 14.8 Å². The summed E-state index contributed by atoms with van der Waals surface area (Å²) in [4.78, 5) is 10.9. The maximum Gasteiger partial charge on any atom is 0.217 e. The second-order valence-electron chi connectivity index (χ2n) is 3.53. The fraction of sp³-hybridized carbons (Fsp3) is 0.417. The Balaban J connectivity index is 3.01. The summed E-state index contributed by atoms with van der Waals surface area (Å²) in [7, 11) is 3.22. The van der Waals surface area contributed by atoms with E-state index in [1.54, 1.807) is 14.2 Å². The lowest BCUT2D eigenvalue weighted by atomic mass is 10.1. The number of hydrogen-bond acceptors (Lipinski definition) is 3. The Hall–Kier alpha value is -1.71. The minimum Gasteiger partial charge on any atom is -0.497 e. The van der Waals surface area contributed by atoms with Crippen molar-refractivity contribution in [1.82, 2.24) is 5.32 Å². The Kier molecular flexibility index (Phi) is 4.17. The minimum atomic E-state index is -0.0581. The molecule has 88 valence electrons. The molecule has 0 aromatic heterocycles. The summed E-state index contributed by atoms with van der Waals surface area (Å²) < 4.78 is 10.4. The van der Waals surface area contributed by atoms with Crippen LogP contribution in [0, 0.1) is 6.92 Å². The summed E-state index contributed by atoms with van der Waals surface area (Å²) in [5.41, 5.74) is 2.00. The van der Waals surface area contributed by atoms with Gasteiger partial charge in [-0.05, 0) is 18.6 Å². The van der Waals surface area contributed by atoms with Crippen LogP contribution < -0.4 is 14.8 Å². The van der Waals surface area contributed by atoms with Crippen molar-refractivity contribution < 1.29 is 14.3 Å². The summed E-state index contributed by atoms with van der Waals surface area (Å²) in [5.74, 6) is 1.42. The number of rotatable bonds is 4. The quantitative estimate of drug-likeness (QED) is 0.844. The van der Waals surface area contributed by atoms with E-state index >= 15 is 0 Å². The van der Waals surface area contributed by atoms with Crippen LogP contribution in [-0.4, -0.2) is 20.1 Å². The van der Waals surface area contributed by atoms with Gasteiger partial charge in [0.25, 0.3) is 0 Å². The molecule has 4 heteroatoms. The number of amides is 1. The normalized spacial score (nSPS) is 9.75. The molecule has 4 nitrogen and oxygen atoms in total. The van der Waals surface area contributed by atoms with Gasteiger partial charge >= 0.3 is 0 Å². The van der Waals surface area contributed by atoms with Gasteiger partial charge in [0.15, 0.2) is 0 Å². The van der Waals surface area contributed by atoms with Gasteiger partial charge in [-0.15, -0.1) is 0 Å². The fourth-order valence-corrected chi connectivity index (χ4v) is 1.49. The lowest BCUT2D eigenvalue weighted by Gasteiger charge is -2.13. The highest BCUT2D eigenvalue weighted by atomic mass is 16.5. The topological polar surface area (TPSA) is 47.6 Å². The molecule has 1 amide bonds. The molecule has 0 aliphatic heterocycles. The fourth-order valence-electron chi connectivity index (χ4n) is 1.49. The first-order valence-corrected chi connectivity index (χ1v) is 5.04. The lowest BCUT2D eigenvalue weighted by molar-refractivity contribution is -0.119. The van der Waals surface area contributed by atoms with Crippen LogP contribution in [-0.2, 0) is 11.3 Å². The van der Waals surface area contributed by atoms with Gasteiger partial charge in [0.2, 0.25) is 5.91 Å². The highest BCUT2D eigenvalue weighted by molar-refractivity contribution is 5.73. The van der Waals surface area contributed by atoms with Crippen LogP contribution in [0.5, 0.6) is 11.5 Å². The third-order valence-electron chi connectivity index (χ3n) is 2.38. The molecular weight excluding hydrogens is 206 g/mol. The molecule has 0 saturated heterocycles. The molecule has 1 aromatic rings. The predicted octanol–water partition coefficient (Wildman–Crippen LogP) is 1.65. The molecule has 0 aliphatic carbocycles. The Morgan fingerprint density at radius 1 is 1.31 bits per heavy atom. The van der Waals surface area contributed by atoms with Gasteiger partial charge in [0.05, 0.1) is 14.2 Å². The number of methoxy groups -OCH3 is 2. The van der Waals surface area contributed by atoms with Crippen molar-refractivity contribution in [2.45, 2.75) is 20.4 Å².